The van der Waals surface area contributed by atoms with Gasteiger partial charge in [0.15, 0.2) is 0 Å². The predicted molar refractivity (Wildman–Crippen MR) is 140 cm³/mol. The molecule has 1 heterocycles. The molecular formula is C27H33FN2O2S. The van der Waals surface area contributed by atoms with Gasteiger partial charge in [-0.3, -0.25) is 0 Å². The zero-order chi connectivity index (χ0) is 24.2. The maximum absolute atomic E-state index is 12.2. The quantitative estimate of drug-likeness (QED) is 0.427. The van der Waals surface area contributed by atoms with E-state index in [2.05, 4.69) is 30.3 Å². The van der Waals surface area contributed by atoms with Crippen molar-refractivity contribution in [2.75, 3.05) is 26.6 Å². The van der Waals surface area contributed by atoms with Crippen LogP contribution >= 0.6 is 11.3 Å². The molecule has 4 rings (SSSR count). The first-order valence-corrected chi connectivity index (χ1v) is 11.6. The number of halogens is 1. The van der Waals surface area contributed by atoms with Crippen LogP contribution in [0.1, 0.15) is 28.8 Å². The number of ether oxygens (including phenoxy) is 2. The highest BCUT2D eigenvalue weighted by Gasteiger charge is 2.23. The Hall–Kier alpha value is -3.25. The van der Waals surface area contributed by atoms with Gasteiger partial charge in [0.2, 0.25) is 0 Å². The van der Waals surface area contributed by atoms with Gasteiger partial charge in [0.25, 0.3) is 0 Å². The third kappa shape index (κ3) is 6.86. The number of nitrogens with two attached hydrogens (primary N) is 1. The van der Waals surface area contributed by atoms with Crippen LogP contribution in [-0.4, -0.2) is 21.3 Å². The minimum absolute atomic E-state index is 0.208. The Balaban J connectivity index is 0.000000267. The van der Waals surface area contributed by atoms with E-state index >= 15 is 0 Å². The van der Waals surface area contributed by atoms with Gasteiger partial charge in [0.1, 0.15) is 17.3 Å². The summed E-state index contributed by atoms with van der Waals surface area (Å²) < 4.78 is 23.2. The smallest absolute Gasteiger partial charge is 0.127 e. The molecule has 3 aromatic rings. The van der Waals surface area contributed by atoms with Crippen molar-refractivity contribution in [2.45, 2.75) is 25.7 Å². The molecule has 0 unspecified atom stereocenters. The number of benzene rings is 2. The molecule has 4 nitrogen and oxygen atoms in total. The minimum atomic E-state index is -0.208. The first-order chi connectivity index (χ1) is 16.0. The summed E-state index contributed by atoms with van der Waals surface area (Å²) in [5.74, 6) is 1.56. The fourth-order valence-corrected chi connectivity index (χ4v) is 4.89. The molecule has 0 fully saturated rings. The highest BCUT2D eigenvalue weighted by atomic mass is 32.1. The van der Waals surface area contributed by atoms with Crippen LogP contribution < -0.4 is 20.5 Å². The van der Waals surface area contributed by atoms with Crippen molar-refractivity contribution in [3.05, 3.63) is 83.6 Å². The fraction of sp³-hybridized carbons (Fsp3) is 0.259. The van der Waals surface area contributed by atoms with E-state index in [1.807, 2.05) is 30.5 Å². The van der Waals surface area contributed by atoms with Crippen LogP contribution in [-0.2, 0) is 12.8 Å². The van der Waals surface area contributed by atoms with Crippen LogP contribution in [0.5, 0.6) is 11.5 Å². The van der Waals surface area contributed by atoms with Gasteiger partial charge in [-0.2, -0.15) is 0 Å². The summed E-state index contributed by atoms with van der Waals surface area (Å²) in [5.41, 5.74) is 9.46. The van der Waals surface area contributed by atoms with E-state index < -0.39 is 0 Å². The van der Waals surface area contributed by atoms with Gasteiger partial charge < -0.3 is 20.5 Å². The number of anilines is 1. The largest absolute Gasteiger partial charge is 0.497 e. The van der Waals surface area contributed by atoms with Crippen LogP contribution in [0.4, 0.5) is 9.39 Å². The van der Waals surface area contributed by atoms with E-state index in [1.165, 1.54) is 58.6 Å². The SMILES string of the molecule is C=CN.C=Cc1ccc(F)cc1.CNc1sc2c(c1-c1cc(OC)ccc1OC)CCCC2. The van der Waals surface area contributed by atoms with Crippen molar-refractivity contribution in [1.82, 2.24) is 0 Å². The highest BCUT2D eigenvalue weighted by Crippen LogP contribution is 2.47. The number of thiophene rings is 1. The van der Waals surface area contributed by atoms with Crippen LogP contribution in [0.25, 0.3) is 17.2 Å². The van der Waals surface area contributed by atoms with Crippen LogP contribution in [0.3, 0.4) is 0 Å². The topological polar surface area (TPSA) is 56.5 Å². The maximum atomic E-state index is 12.2. The van der Waals surface area contributed by atoms with Crippen LogP contribution in [0.15, 0.2) is 61.8 Å². The van der Waals surface area contributed by atoms with Crippen LogP contribution in [0.2, 0.25) is 0 Å². The summed E-state index contributed by atoms with van der Waals surface area (Å²) in [4.78, 5) is 1.52. The Kier molecular flexibility index (Phi) is 10.5. The summed E-state index contributed by atoms with van der Waals surface area (Å²) in [6.07, 6.45) is 7.85. The van der Waals surface area contributed by atoms with Crippen LogP contribution in [0, 0.1) is 5.82 Å². The highest BCUT2D eigenvalue weighted by molar-refractivity contribution is 7.17. The molecule has 0 bridgehead atoms. The van der Waals surface area contributed by atoms with E-state index in [0.717, 1.165) is 29.0 Å². The van der Waals surface area contributed by atoms with Gasteiger partial charge >= 0.3 is 0 Å². The molecule has 3 N–H and O–H groups in total. The molecule has 176 valence electrons. The van der Waals surface area contributed by atoms with Crippen molar-refractivity contribution in [3.8, 4) is 22.6 Å². The van der Waals surface area contributed by atoms with Crippen molar-refractivity contribution in [1.29, 1.82) is 0 Å². The second kappa shape index (κ2) is 13.3. The molecule has 0 radical (unpaired) electrons. The van der Waals surface area contributed by atoms with E-state index in [1.54, 1.807) is 32.4 Å². The predicted octanol–water partition coefficient (Wildman–Crippen LogP) is 6.91. The lowest BCUT2D eigenvalue weighted by Crippen LogP contribution is -2.01. The van der Waals surface area contributed by atoms with E-state index in [4.69, 9.17) is 9.47 Å². The van der Waals surface area contributed by atoms with Crippen molar-refractivity contribution in [3.63, 3.8) is 0 Å². The molecule has 6 heteroatoms. The number of hydrogen-bond acceptors (Lipinski definition) is 5. The Morgan fingerprint density at radius 3 is 2.27 bits per heavy atom. The van der Waals surface area contributed by atoms with Crippen molar-refractivity contribution < 1.29 is 13.9 Å². The number of rotatable bonds is 5. The summed E-state index contributed by atoms with van der Waals surface area (Å²) >= 11 is 1.88. The van der Waals surface area contributed by atoms with Crippen molar-refractivity contribution in [2.24, 2.45) is 5.73 Å². The molecule has 33 heavy (non-hydrogen) atoms. The number of fused-ring (bicyclic) bond motifs is 1. The Bertz CT molecular complexity index is 1050. The Morgan fingerprint density at radius 2 is 1.70 bits per heavy atom. The molecular weight excluding hydrogens is 435 g/mol. The van der Waals surface area contributed by atoms with E-state index in [9.17, 15) is 4.39 Å². The molecule has 1 aromatic heterocycles. The van der Waals surface area contributed by atoms with Gasteiger partial charge in [0, 0.05) is 23.1 Å². The van der Waals surface area contributed by atoms with Gasteiger partial charge in [-0.05, 0) is 73.3 Å². The summed E-state index contributed by atoms with van der Waals surface area (Å²) in [6, 6.07) is 12.2. The Labute approximate surface area is 200 Å². The number of methoxy groups -OCH3 is 2. The van der Waals surface area contributed by atoms with Gasteiger partial charge in [0.05, 0.1) is 19.2 Å². The van der Waals surface area contributed by atoms with Gasteiger partial charge in [-0.25, -0.2) is 4.39 Å². The van der Waals surface area contributed by atoms with E-state index in [0.29, 0.717) is 0 Å². The number of aryl methyl sites for hydroxylation is 1. The second-order valence-electron chi connectivity index (χ2n) is 7.22. The summed E-state index contributed by atoms with van der Waals surface area (Å²) in [5, 5.41) is 4.59. The molecule has 1 aliphatic carbocycles. The van der Waals surface area contributed by atoms with E-state index in [-0.39, 0.29) is 5.82 Å². The molecule has 2 aromatic carbocycles. The number of hydrogen-bond donors (Lipinski definition) is 2. The van der Waals surface area contributed by atoms with Crippen molar-refractivity contribution >= 4 is 22.4 Å². The lowest BCUT2D eigenvalue weighted by molar-refractivity contribution is 0.404. The number of nitrogens with one attached hydrogen (secondary N) is 1. The standard InChI is InChI=1S/C17H21NO2S.C8H7F.C2H5N/c1-18-17-16(12-6-4-5-7-15(12)21-17)13-10-11(19-2)8-9-14(13)20-3;1-2-7-3-5-8(9)6-4-7;1-2-3/h8-10,18H,4-7H2,1-3H3;2-6H,1H2;2H,1,3H2. The summed E-state index contributed by atoms with van der Waals surface area (Å²) in [6.45, 7) is 6.68. The second-order valence-corrected chi connectivity index (χ2v) is 8.33. The van der Waals surface area contributed by atoms with Gasteiger partial charge in [-0.15, -0.1) is 11.3 Å². The molecule has 1 aliphatic rings. The zero-order valence-corrected chi connectivity index (χ0v) is 20.4. The third-order valence-electron chi connectivity index (χ3n) is 5.18. The fourth-order valence-electron chi connectivity index (χ4n) is 3.64. The maximum Gasteiger partial charge on any atom is 0.127 e. The monoisotopic (exact) mass is 468 g/mol. The first-order valence-electron chi connectivity index (χ1n) is 10.8. The van der Waals surface area contributed by atoms with Gasteiger partial charge in [-0.1, -0.05) is 31.4 Å². The lowest BCUT2D eigenvalue weighted by Gasteiger charge is -2.16. The molecule has 0 spiro atoms. The third-order valence-corrected chi connectivity index (χ3v) is 6.49. The summed E-state index contributed by atoms with van der Waals surface area (Å²) in [7, 11) is 5.42. The Morgan fingerprint density at radius 1 is 1.03 bits per heavy atom. The first kappa shape index (κ1) is 26.0. The minimum Gasteiger partial charge on any atom is -0.497 e. The lowest BCUT2D eigenvalue weighted by atomic mass is 9.92. The average molecular weight is 469 g/mol. The normalized spacial score (nSPS) is 11.5. The molecule has 0 saturated carbocycles. The average Bonchev–Trinajstić information content (AvgIpc) is 3.23. The zero-order valence-electron chi connectivity index (χ0n) is 19.6. The molecule has 0 atom stereocenters. The molecule has 0 aliphatic heterocycles. The molecule has 0 amide bonds. The molecule has 0 saturated heterocycles.